The number of carbonyl (C=O) groups excluding carboxylic acids is 1. The highest BCUT2D eigenvalue weighted by atomic mass is 16.6. The molecular formula is C19H23N5O4. The third kappa shape index (κ3) is 4.53. The minimum atomic E-state index is -0.452. The molecule has 2 fully saturated rings. The first kappa shape index (κ1) is 18.5. The van der Waals surface area contributed by atoms with Gasteiger partial charge in [0.15, 0.2) is 0 Å². The molecule has 1 atom stereocenters. The van der Waals surface area contributed by atoms with E-state index in [-0.39, 0.29) is 17.5 Å². The minimum Gasteiger partial charge on any atom is -0.356 e. The van der Waals surface area contributed by atoms with E-state index in [2.05, 4.69) is 20.4 Å². The zero-order chi connectivity index (χ0) is 19.5. The molecule has 1 amide bonds. The van der Waals surface area contributed by atoms with Crippen molar-refractivity contribution in [2.24, 2.45) is 11.8 Å². The normalized spacial score (nSPS) is 20.1. The van der Waals surface area contributed by atoms with E-state index in [9.17, 15) is 14.9 Å². The number of amides is 1. The monoisotopic (exact) mass is 385 g/mol. The van der Waals surface area contributed by atoms with Crippen LogP contribution in [0.4, 0.5) is 5.69 Å². The summed E-state index contributed by atoms with van der Waals surface area (Å²) in [5.41, 5.74) is 0.528. The number of likely N-dealkylation sites (tertiary alicyclic amines) is 1. The van der Waals surface area contributed by atoms with Gasteiger partial charge in [0, 0.05) is 30.8 Å². The summed E-state index contributed by atoms with van der Waals surface area (Å²) in [7, 11) is 0. The van der Waals surface area contributed by atoms with Gasteiger partial charge in [0.2, 0.25) is 17.6 Å². The number of carbonyl (C=O) groups is 1. The van der Waals surface area contributed by atoms with Crippen molar-refractivity contribution in [2.45, 2.75) is 32.2 Å². The number of non-ortho nitro benzene ring substituents is 1. The number of nitro groups is 1. The molecular weight excluding hydrogens is 362 g/mol. The predicted octanol–water partition coefficient (Wildman–Crippen LogP) is 2.38. The van der Waals surface area contributed by atoms with Crippen molar-refractivity contribution in [3.05, 3.63) is 40.3 Å². The second kappa shape index (κ2) is 8.05. The maximum absolute atomic E-state index is 12.4. The van der Waals surface area contributed by atoms with Crippen LogP contribution in [0.15, 0.2) is 28.8 Å². The van der Waals surface area contributed by atoms with E-state index in [1.165, 1.54) is 25.0 Å². The molecule has 2 aliphatic rings. The number of nitro benzene ring substituents is 1. The Morgan fingerprint density at radius 2 is 2.21 bits per heavy atom. The van der Waals surface area contributed by atoms with Crippen molar-refractivity contribution in [2.75, 3.05) is 19.6 Å². The molecule has 0 spiro atoms. The highest BCUT2D eigenvalue weighted by Gasteiger charge is 2.28. The van der Waals surface area contributed by atoms with Gasteiger partial charge in [-0.15, -0.1) is 0 Å². The zero-order valence-corrected chi connectivity index (χ0v) is 15.5. The van der Waals surface area contributed by atoms with Crippen LogP contribution in [0, 0.1) is 22.0 Å². The Bertz CT molecular complexity index is 864. The topological polar surface area (TPSA) is 114 Å². The van der Waals surface area contributed by atoms with Gasteiger partial charge in [0.05, 0.1) is 17.4 Å². The highest BCUT2D eigenvalue weighted by molar-refractivity contribution is 5.79. The molecule has 0 bridgehead atoms. The van der Waals surface area contributed by atoms with Crippen LogP contribution in [0.1, 0.15) is 31.6 Å². The lowest BCUT2D eigenvalue weighted by Crippen LogP contribution is -2.43. The number of hydrogen-bond acceptors (Lipinski definition) is 7. The van der Waals surface area contributed by atoms with Crippen LogP contribution < -0.4 is 5.32 Å². The van der Waals surface area contributed by atoms with Crippen LogP contribution in [0.2, 0.25) is 0 Å². The van der Waals surface area contributed by atoms with E-state index in [0.717, 1.165) is 25.9 Å². The Labute approximate surface area is 162 Å². The lowest BCUT2D eigenvalue weighted by atomic mass is 9.97. The second-order valence-corrected chi connectivity index (χ2v) is 7.58. The lowest BCUT2D eigenvalue weighted by molar-refractivity contribution is -0.384. The minimum absolute atomic E-state index is 0.00772. The lowest BCUT2D eigenvalue weighted by Gasteiger charge is -2.30. The van der Waals surface area contributed by atoms with Gasteiger partial charge in [-0.2, -0.15) is 4.98 Å². The SMILES string of the molecule is O=C(NCC1CC1)[C@@H]1CCCN(Cc2nc(-c3cccc([N+](=O)[O-])c3)no2)C1. The second-order valence-electron chi connectivity index (χ2n) is 7.58. The number of nitrogens with zero attached hydrogens (tertiary/aromatic N) is 4. The van der Waals surface area contributed by atoms with Gasteiger partial charge in [-0.25, -0.2) is 0 Å². The Balaban J connectivity index is 1.36. The molecule has 0 radical (unpaired) electrons. The fourth-order valence-corrected chi connectivity index (χ4v) is 3.51. The molecule has 2 aromatic rings. The van der Waals surface area contributed by atoms with E-state index >= 15 is 0 Å². The summed E-state index contributed by atoms with van der Waals surface area (Å²) in [4.78, 5) is 29.4. The number of nitrogens with one attached hydrogen (secondary N) is 1. The van der Waals surface area contributed by atoms with Gasteiger partial charge in [-0.05, 0) is 38.1 Å². The van der Waals surface area contributed by atoms with Gasteiger partial charge in [-0.3, -0.25) is 19.8 Å². The van der Waals surface area contributed by atoms with Crippen molar-refractivity contribution in [3.8, 4) is 11.4 Å². The first-order valence-electron chi connectivity index (χ1n) is 9.66. The molecule has 9 heteroatoms. The summed E-state index contributed by atoms with van der Waals surface area (Å²) in [6.45, 7) is 2.81. The van der Waals surface area contributed by atoms with E-state index < -0.39 is 4.92 Å². The van der Waals surface area contributed by atoms with Crippen molar-refractivity contribution in [3.63, 3.8) is 0 Å². The highest BCUT2D eigenvalue weighted by Crippen LogP contribution is 2.28. The quantitative estimate of drug-likeness (QED) is 0.575. The molecule has 1 aromatic heterocycles. The van der Waals surface area contributed by atoms with E-state index in [0.29, 0.717) is 36.3 Å². The summed E-state index contributed by atoms with van der Waals surface area (Å²) >= 11 is 0. The molecule has 2 heterocycles. The van der Waals surface area contributed by atoms with Gasteiger partial charge in [-0.1, -0.05) is 17.3 Å². The zero-order valence-electron chi connectivity index (χ0n) is 15.5. The summed E-state index contributed by atoms with van der Waals surface area (Å²) in [6, 6.07) is 6.16. The molecule has 9 nitrogen and oxygen atoms in total. The Kier molecular flexibility index (Phi) is 5.34. The van der Waals surface area contributed by atoms with E-state index in [1.807, 2.05) is 0 Å². The van der Waals surface area contributed by atoms with Crippen LogP contribution in [0.25, 0.3) is 11.4 Å². The molecule has 1 aromatic carbocycles. The summed E-state index contributed by atoms with van der Waals surface area (Å²) < 4.78 is 5.33. The maximum Gasteiger partial charge on any atom is 0.270 e. The first-order chi connectivity index (χ1) is 13.6. The van der Waals surface area contributed by atoms with Crippen molar-refractivity contribution < 1.29 is 14.2 Å². The molecule has 1 saturated carbocycles. The Hall–Kier alpha value is -2.81. The third-order valence-corrected chi connectivity index (χ3v) is 5.28. The third-order valence-electron chi connectivity index (χ3n) is 5.28. The summed E-state index contributed by atoms with van der Waals surface area (Å²) in [6.07, 6.45) is 4.30. The number of piperidine rings is 1. The fraction of sp³-hybridized carbons (Fsp3) is 0.526. The molecule has 4 rings (SSSR count). The molecule has 1 N–H and O–H groups in total. The number of benzene rings is 1. The van der Waals surface area contributed by atoms with Crippen LogP contribution in [-0.4, -0.2) is 45.5 Å². The summed E-state index contributed by atoms with van der Waals surface area (Å²) in [5.74, 6) is 1.58. The van der Waals surface area contributed by atoms with Gasteiger partial charge in [0.25, 0.3) is 5.69 Å². The van der Waals surface area contributed by atoms with E-state index in [4.69, 9.17) is 4.52 Å². The van der Waals surface area contributed by atoms with Crippen molar-refractivity contribution in [1.29, 1.82) is 0 Å². The molecule has 1 saturated heterocycles. The first-order valence-corrected chi connectivity index (χ1v) is 9.66. The number of aromatic nitrogens is 2. The predicted molar refractivity (Wildman–Crippen MR) is 100 cm³/mol. The molecule has 28 heavy (non-hydrogen) atoms. The maximum atomic E-state index is 12.4. The molecule has 1 aliphatic heterocycles. The summed E-state index contributed by atoms with van der Waals surface area (Å²) in [5, 5.41) is 17.9. The average molecular weight is 385 g/mol. The van der Waals surface area contributed by atoms with E-state index in [1.54, 1.807) is 12.1 Å². The molecule has 148 valence electrons. The largest absolute Gasteiger partial charge is 0.356 e. The smallest absolute Gasteiger partial charge is 0.270 e. The van der Waals surface area contributed by atoms with Crippen LogP contribution in [0.5, 0.6) is 0 Å². The van der Waals surface area contributed by atoms with Gasteiger partial charge >= 0.3 is 0 Å². The van der Waals surface area contributed by atoms with Crippen LogP contribution in [-0.2, 0) is 11.3 Å². The van der Waals surface area contributed by atoms with Crippen LogP contribution in [0.3, 0.4) is 0 Å². The average Bonchev–Trinajstić information content (AvgIpc) is 3.43. The molecule has 0 unspecified atom stereocenters. The van der Waals surface area contributed by atoms with Crippen molar-refractivity contribution >= 4 is 11.6 Å². The number of hydrogen-bond donors (Lipinski definition) is 1. The Morgan fingerprint density at radius 3 is 3.00 bits per heavy atom. The standard InChI is InChI=1S/C19H23N5O4/c25-19(20-10-13-6-7-13)15-4-2-8-23(11-15)12-17-21-18(22-28-17)14-3-1-5-16(9-14)24(26)27/h1,3,5,9,13,15H,2,4,6-8,10-12H2,(H,20,25)/t15-/m1/s1. The fourth-order valence-electron chi connectivity index (χ4n) is 3.51. The van der Waals surface area contributed by atoms with Gasteiger partial charge in [0.1, 0.15) is 0 Å². The Morgan fingerprint density at radius 1 is 1.36 bits per heavy atom. The van der Waals surface area contributed by atoms with Crippen molar-refractivity contribution in [1.82, 2.24) is 20.4 Å². The molecule has 1 aliphatic carbocycles. The number of rotatable bonds is 7. The van der Waals surface area contributed by atoms with Gasteiger partial charge < -0.3 is 9.84 Å². The van der Waals surface area contributed by atoms with Crippen LogP contribution >= 0.6 is 0 Å².